The minimum atomic E-state index is -1.20. The van der Waals surface area contributed by atoms with Crippen molar-refractivity contribution in [3.63, 3.8) is 0 Å². The average Bonchev–Trinajstić information content (AvgIpc) is 2.26. The maximum Gasteiger partial charge on any atom is 0.437 e. The number of nitrogens with two attached hydrogens (primary N) is 1. The summed E-state index contributed by atoms with van der Waals surface area (Å²) in [6.07, 6.45) is 5.32. The summed E-state index contributed by atoms with van der Waals surface area (Å²) in [5.74, 6) is 2.19. The molecule has 1 aliphatic rings. The van der Waals surface area contributed by atoms with Crippen molar-refractivity contribution in [2.75, 3.05) is 0 Å². The molecule has 3 N–H and O–H groups in total. The molecule has 0 aromatic rings. The molecule has 0 heterocycles. The lowest BCUT2D eigenvalue weighted by atomic mass is 9.96. The van der Waals surface area contributed by atoms with Crippen molar-refractivity contribution >= 4 is 11.9 Å². The van der Waals surface area contributed by atoms with Gasteiger partial charge in [-0.3, -0.25) is 0 Å². The van der Waals surface area contributed by atoms with Crippen LogP contribution in [0.1, 0.15) is 32.1 Å². The Balaban J connectivity index is 2.18. The Morgan fingerprint density at radius 3 is 2.36 bits per heavy atom. The molecule has 1 saturated carbocycles. The van der Waals surface area contributed by atoms with Crippen LogP contribution < -0.4 is 11.4 Å². The zero-order valence-corrected chi connectivity index (χ0v) is 7.82. The van der Waals surface area contributed by atoms with E-state index in [-0.39, 0.29) is 6.04 Å². The van der Waals surface area contributed by atoms with E-state index in [9.17, 15) is 9.59 Å². The Bertz CT molecular complexity index is 213. The van der Waals surface area contributed by atoms with E-state index in [0.717, 1.165) is 25.7 Å². The van der Waals surface area contributed by atoms with Crippen LogP contribution in [0.4, 0.5) is 0 Å². The van der Waals surface area contributed by atoms with Gasteiger partial charge in [-0.05, 0) is 12.8 Å². The van der Waals surface area contributed by atoms with Gasteiger partial charge in [0, 0.05) is 6.04 Å². The Morgan fingerprint density at radius 1 is 1.14 bits per heavy atom. The zero-order chi connectivity index (χ0) is 10.4. The van der Waals surface area contributed by atoms with Crippen molar-refractivity contribution in [1.29, 1.82) is 0 Å². The normalized spacial score (nSPS) is 17.5. The van der Waals surface area contributed by atoms with E-state index in [1.807, 2.05) is 0 Å². The molecule has 0 atom stereocenters. The third-order valence-electron chi connectivity index (χ3n) is 2.20. The van der Waals surface area contributed by atoms with Gasteiger partial charge in [0.2, 0.25) is 0 Å². The summed E-state index contributed by atoms with van der Waals surface area (Å²) in [5, 5.41) is 0. The zero-order valence-electron chi connectivity index (χ0n) is 7.82. The van der Waals surface area contributed by atoms with Crippen LogP contribution >= 0.6 is 0 Å². The first-order valence-corrected chi connectivity index (χ1v) is 4.61. The van der Waals surface area contributed by atoms with Gasteiger partial charge in [-0.15, -0.1) is 5.48 Å². The maximum absolute atomic E-state index is 10.8. The van der Waals surface area contributed by atoms with E-state index in [1.54, 1.807) is 0 Å². The molecule has 0 spiro atoms. The second-order valence-electron chi connectivity index (χ2n) is 3.25. The van der Waals surface area contributed by atoms with Crippen LogP contribution in [0, 0.1) is 0 Å². The molecule has 0 aromatic carbocycles. The summed E-state index contributed by atoms with van der Waals surface area (Å²) in [6, 6.07) is 0.137. The van der Waals surface area contributed by atoms with Gasteiger partial charge in [0.15, 0.2) is 0 Å². The highest BCUT2D eigenvalue weighted by Gasteiger charge is 2.20. The predicted octanol–water partition coefficient (Wildman–Crippen LogP) is -0.216. The molecular weight excluding hydrogens is 188 g/mol. The van der Waals surface area contributed by atoms with E-state index in [1.165, 1.54) is 6.42 Å². The summed E-state index contributed by atoms with van der Waals surface area (Å²) in [5.41, 5.74) is 2.53. The number of hydroxylamine groups is 1. The van der Waals surface area contributed by atoms with Crippen LogP contribution in [0.25, 0.3) is 0 Å². The molecule has 80 valence electrons. The van der Waals surface area contributed by atoms with Gasteiger partial charge in [-0.1, -0.05) is 19.3 Å². The Morgan fingerprint density at radius 2 is 1.79 bits per heavy atom. The molecule has 0 aliphatic heterocycles. The van der Waals surface area contributed by atoms with E-state index < -0.39 is 11.9 Å². The Hall–Kier alpha value is -1.14. The summed E-state index contributed by atoms with van der Waals surface area (Å²) < 4.78 is 0. The second kappa shape index (κ2) is 5.56. The smallest absolute Gasteiger partial charge is 0.365 e. The van der Waals surface area contributed by atoms with E-state index in [4.69, 9.17) is 0 Å². The van der Waals surface area contributed by atoms with Gasteiger partial charge in [-0.25, -0.2) is 9.59 Å². The molecule has 1 rings (SSSR count). The summed E-state index contributed by atoms with van der Waals surface area (Å²) >= 11 is 0. The lowest BCUT2D eigenvalue weighted by Gasteiger charge is -2.21. The van der Waals surface area contributed by atoms with Gasteiger partial charge < -0.3 is 9.68 Å². The number of nitrogens with one attached hydrogen (secondary N) is 1. The number of hydrogen-bond acceptors (Lipinski definition) is 6. The van der Waals surface area contributed by atoms with E-state index >= 15 is 0 Å². The van der Waals surface area contributed by atoms with Crippen molar-refractivity contribution in [2.24, 2.45) is 5.90 Å². The third-order valence-corrected chi connectivity index (χ3v) is 2.20. The van der Waals surface area contributed by atoms with Crippen molar-refractivity contribution in [3.8, 4) is 0 Å². The molecular formula is C8H14N2O4. The number of carbonyl (C=O) groups excluding carboxylic acids is 2. The first-order chi connectivity index (χ1) is 6.74. The van der Waals surface area contributed by atoms with Crippen LogP contribution in [-0.2, 0) is 19.3 Å². The minimum Gasteiger partial charge on any atom is -0.365 e. The highest BCUT2D eigenvalue weighted by molar-refractivity contribution is 6.29. The van der Waals surface area contributed by atoms with E-state index in [2.05, 4.69) is 21.1 Å². The van der Waals surface area contributed by atoms with Crippen LogP contribution in [-0.4, -0.2) is 18.0 Å². The van der Waals surface area contributed by atoms with Crippen LogP contribution in [0.5, 0.6) is 0 Å². The number of hydrogen-bond donors (Lipinski definition) is 2. The van der Waals surface area contributed by atoms with E-state index in [0.29, 0.717) is 0 Å². The van der Waals surface area contributed by atoms with Gasteiger partial charge in [-0.2, -0.15) is 5.90 Å². The molecule has 14 heavy (non-hydrogen) atoms. The van der Waals surface area contributed by atoms with Crippen LogP contribution in [0.3, 0.4) is 0 Å². The highest BCUT2D eigenvalue weighted by atomic mass is 16.7. The van der Waals surface area contributed by atoms with Crippen molar-refractivity contribution in [1.82, 2.24) is 5.48 Å². The van der Waals surface area contributed by atoms with Crippen LogP contribution in [0.15, 0.2) is 0 Å². The van der Waals surface area contributed by atoms with Crippen LogP contribution in [0.2, 0.25) is 0 Å². The third kappa shape index (κ3) is 3.31. The SMILES string of the molecule is NOC(=O)C(=O)ONC1CCCCC1. The molecule has 0 unspecified atom stereocenters. The fraction of sp³-hybridized carbons (Fsp3) is 0.750. The monoisotopic (exact) mass is 202 g/mol. The molecule has 6 heteroatoms. The van der Waals surface area contributed by atoms with Gasteiger partial charge >= 0.3 is 11.9 Å². The lowest BCUT2D eigenvalue weighted by molar-refractivity contribution is -0.174. The number of rotatable bonds is 2. The molecule has 0 saturated heterocycles. The second-order valence-corrected chi connectivity index (χ2v) is 3.25. The molecule has 0 aromatic heterocycles. The van der Waals surface area contributed by atoms with Gasteiger partial charge in [0.1, 0.15) is 0 Å². The largest absolute Gasteiger partial charge is 0.437 e. The summed E-state index contributed by atoms with van der Waals surface area (Å²) in [7, 11) is 0. The minimum absolute atomic E-state index is 0.137. The van der Waals surface area contributed by atoms with Crippen molar-refractivity contribution in [3.05, 3.63) is 0 Å². The Kier molecular flexibility index (Phi) is 4.34. The summed E-state index contributed by atoms with van der Waals surface area (Å²) in [4.78, 5) is 29.5. The molecule has 1 fully saturated rings. The molecule has 0 amide bonds. The average molecular weight is 202 g/mol. The van der Waals surface area contributed by atoms with Gasteiger partial charge in [0.25, 0.3) is 0 Å². The lowest BCUT2D eigenvalue weighted by Crippen LogP contribution is -2.36. The first kappa shape index (κ1) is 10.9. The van der Waals surface area contributed by atoms with Crippen molar-refractivity contribution in [2.45, 2.75) is 38.1 Å². The van der Waals surface area contributed by atoms with Gasteiger partial charge in [0.05, 0.1) is 0 Å². The summed E-state index contributed by atoms with van der Waals surface area (Å²) in [6.45, 7) is 0. The fourth-order valence-corrected chi connectivity index (χ4v) is 1.45. The Labute approximate surface area is 81.6 Å². The topological polar surface area (TPSA) is 90.7 Å². The quantitative estimate of drug-likeness (QED) is 0.475. The highest BCUT2D eigenvalue weighted by Crippen LogP contribution is 2.17. The predicted molar refractivity (Wildman–Crippen MR) is 46.4 cm³/mol. The number of carbonyl (C=O) groups is 2. The maximum atomic E-state index is 10.8. The molecule has 0 radical (unpaired) electrons. The molecule has 0 bridgehead atoms. The molecule has 1 aliphatic carbocycles. The standard InChI is InChI=1S/C8H14N2O4/c9-13-7(11)8(12)14-10-6-4-2-1-3-5-6/h6,10H,1-5,9H2. The molecule has 6 nitrogen and oxygen atoms in total. The first-order valence-electron chi connectivity index (χ1n) is 4.61. The van der Waals surface area contributed by atoms with Crippen molar-refractivity contribution < 1.29 is 19.3 Å². The fourth-order valence-electron chi connectivity index (χ4n) is 1.45.